The Kier molecular flexibility index (Phi) is 3.74. The van der Waals surface area contributed by atoms with Crippen LogP contribution in [0.3, 0.4) is 0 Å². The lowest BCUT2D eigenvalue weighted by Crippen LogP contribution is -2.23. The summed E-state index contributed by atoms with van der Waals surface area (Å²) in [5, 5.41) is 0. The van der Waals surface area contributed by atoms with Crippen LogP contribution in [-0.4, -0.2) is 35.9 Å². The molecule has 0 bridgehead atoms. The van der Waals surface area contributed by atoms with Crippen molar-refractivity contribution in [3.05, 3.63) is 28.9 Å². The highest BCUT2D eigenvalue weighted by Crippen LogP contribution is 2.38. The first-order valence-electron chi connectivity index (χ1n) is 5.62. The van der Waals surface area contributed by atoms with Crippen LogP contribution in [-0.2, 0) is 0 Å². The van der Waals surface area contributed by atoms with Crippen LogP contribution >= 0.6 is 0 Å². The normalized spacial score (nSPS) is 10.2. The third kappa shape index (κ3) is 2.35. The molecule has 8 heteroatoms. The Hall–Kier alpha value is -2.77. The van der Waals surface area contributed by atoms with Gasteiger partial charge in [0.25, 0.3) is 0 Å². The molecule has 2 N–H and O–H groups in total. The number of aromatic nitrogens is 3. The van der Waals surface area contributed by atoms with Gasteiger partial charge in [0.1, 0.15) is 6.33 Å². The van der Waals surface area contributed by atoms with Gasteiger partial charge in [-0.1, -0.05) is 0 Å². The molecule has 0 amide bonds. The summed E-state index contributed by atoms with van der Waals surface area (Å²) in [6.07, 6.45) is 1.28. The summed E-state index contributed by atoms with van der Waals surface area (Å²) in [7, 11) is 4.48. The van der Waals surface area contributed by atoms with Gasteiger partial charge in [-0.3, -0.25) is 4.57 Å². The Balaban J connectivity index is 2.66. The van der Waals surface area contributed by atoms with Crippen LogP contribution in [0.2, 0.25) is 0 Å². The zero-order valence-electron chi connectivity index (χ0n) is 11.3. The van der Waals surface area contributed by atoms with E-state index < -0.39 is 5.69 Å². The number of methoxy groups -OCH3 is 3. The number of nitrogen functional groups attached to an aromatic ring is 1. The first kappa shape index (κ1) is 13.7. The summed E-state index contributed by atoms with van der Waals surface area (Å²) < 4.78 is 16.9. The van der Waals surface area contributed by atoms with Crippen molar-refractivity contribution in [3.8, 4) is 22.9 Å². The first-order valence-corrected chi connectivity index (χ1v) is 5.62. The molecule has 0 aliphatic heterocycles. The van der Waals surface area contributed by atoms with Crippen molar-refractivity contribution in [2.45, 2.75) is 0 Å². The maximum atomic E-state index is 11.8. The quantitative estimate of drug-likeness (QED) is 0.854. The predicted octanol–water partition coefficient (Wildman–Crippen LogP) is 0.235. The van der Waals surface area contributed by atoms with Crippen molar-refractivity contribution in [1.29, 1.82) is 0 Å². The summed E-state index contributed by atoms with van der Waals surface area (Å²) in [6.45, 7) is 0. The molecule has 0 aliphatic carbocycles. The van der Waals surface area contributed by atoms with Gasteiger partial charge < -0.3 is 19.9 Å². The Morgan fingerprint density at radius 2 is 1.70 bits per heavy atom. The van der Waals surface area contributed by atoms with Gasteiger partial charge in [0, 0.05) is 12.1 Å². The molecule has 0 atom stereocenters. The lowest BCUT2D eigenvalue weighted by molar-refractivity contribution is 0.324. The van der Waals surface area contributed by atoms with E-state index in [-0.39, 0.29) is 5.95 Å². The van der Waals surface area contributed by atoms with Crippen LogP contribution in [0, 0.1) is 0 Å². The monoisotopic (exact) mass is 278 g/mol. The van der Waals surface area contributed by atoms with E-state index in [1.807, 2.05) is 0 Å². The minimum Gasteiger partial charge on any atom is -0.493 e. The minimum atomic E-state index is -0.549. The van der Waals surface area contributed by atoms with Crippen LogP contribution in [0.4, 0.5) is 5.95 Å². The third-order valence-corrected chi connectivity index (χ3v) is 2.65. The van der Waals surface area contributed by atoms with Crippen LogP contribution in [0.25, 0.3) is 5.69 Å². The van der Waals surface area contributed by atoms with Crippen LogP contribution in [0.1, 0.15) is 0 Å². The molecule has 2 rings (SSSR count). The van der Waals surface area contributed by atoms with E-state index in [0.29, 0.717) is 22.9 Å². The minimum absolute atomic E-state index is 0.0845. The SMILES string of the molecule is COc1cc(-n2cnc(N)nc2=O)cc(OC)c1OC. The molecule has 20 heavy (non-hydrogen) atoms. The second-order valence-corrected chi connectivity index (χ2v) is 3.75. The van der Waals surface area contributed by atoms with Crippen molar-refractivity contribution >= 4 is 5.95 Å². The molecule has 106 valence electrons. The van der Waals surface area contributed by atoms with Crippen molar-refractivity contribution in [3.63, 3.8) is 0 Å². The number of nitrogens with two attached hydrogens (primary N) is 1. The van der Waals surface area contributed by atoms with Gasteiger partial charge in [0.2, 0.25) is 11.7 Å². The molecule has 0 spiro atoms. The third-order valence-electron chi connectivity index (χ3n) is 2.65. The van der Waals surface area contributed by atoms with Crippen molar-refractivity contribution in [2.24, 2.45) is 0 Å². The fourth-order valence-electron chi connectivity index (χ4n) is 1.73. The standard InChI is InChI=1S/C12H14N4O4/c1-18-8-4-7(5-9(19-2)10(8)20-3)16-6-14-11(13)15-12(16)17/h4-6H,1-3H3,(H2,13,15,17). The highest BCUT2D eigenvalue weighted by molar-refractivity contribution is 5.58. The maximum Gasteiger partial charge on any atom is 0.356 e. The number of nitrogens with zero attached hydrogens (tertiary/aromatic N) is 3. The Morgan fingerprint density at radius 3 is 2.15 bits per heavy atom. The van der Waals surface area contributed by atoms with Gasteiger partial charge in [-0.2, -0.15) is 4.98 Å². The number of ether oxygens (including phenoxy) is 3. The fraction of sp³-hybridized carbons (Fsp3) is 0.250. The van der Waals surface area contributed by atoms with E-state index in [1.54, 1.807) is 12.1 Å². The van der Waals surface area contributed by atoms with Crippen molar-refractivity contribution in [2.75, 3.05) is 27.1 Å². The highest BCUT2D eigenvalue weighted by atomic mass is 16.5. The van der Waals surface area contributed by atoms with Gasteiger partial charge in [-0.25, -0.2) is 9.78 Å². The molecular weight excluding hydrogens is 264 g/mol. The van der Waals surface area contributed by atoms with E-state index >= 15 is 0 Å². The summed E-state index contributed by atoms with van der Waals surface area (Å²) in [6, 6.07) is 3.23. The topological polar surface area (TPSA) is 101 Å². The lowest BCUT2D eigenvalue weighted by Gasteiger charge is -2.14. The van der Waals surface area contributed by atoms with Crippen molar-refractivity contribution in [1.82, 2.24) is 14.5 Å². The van der Waals surface area contributed by atoms with E-state index in [4.69, 9.17) is 19.9 Å². The molecule has 0 fully saturated rings. The van der Waals surface area contributed by atoms with Crippen molar-refractivity contribution < 1.29 is 14.2 Å². The second-order valence-electron chi connectivity index (χ2n) is 3.75. The average molecular weight is 278 g/mol. The van der Waals surface area contributed by atoms with Gasteiger partial charge in [0.15, 0.2) is 11.5 Å². The van der Waals surface area contributed by atoms with Gasteiger partial charge in [-0.15, -0.1) is 0 Å². The van der Waals surface area contributed by atoms with E-state index in [9.17, 15) is 4.79 Å². The molecule has 0 aliphatic rings. The Bertz CT molecular complexity index is 658. The predicted molar refractivity (Wildman–Crippen MR) is 71.7 cm³/mol. The summed E-state index contributed by atoms with van der Waals surface area (Å²) >= 11 is 0. The maximum absolute atomic E-state index is 11.8. The fourth-order valence-corrected chi connectivity index (χ4v) is 1.73. The molecular formula is C12H14N4O4. The molecule has 2 aromatic rings. The molecule has 1 aromatic carbocycles. The zero-order chi connectivity index (χ0) is 14.7. The lowest BCUT2D eigenvalue weighted by atomic mass is 10.2. The number of rotatable bonds is 4. The van der Waals surface area contributed by atoms with Gasteiger partial charge >= 0.3 is 5.69 Å². The van der Waals surface area contributed by atoms with Crippen LogP contribution in [0.15, 0.2) is 23.3 Å². The second kappa shape index (κ2) is 5.47. The molecule has 0 saturated heterocycles. The molecule has 1 heterocycles. The van der Waals surface area contributed by atoms with E-state index in [0.717, 1.165) is 0 Å². The number of benzene rings is 1. The molecule has 0 radical (unpaired) electrons. The highest BCUT2D eigenvalue weighted by Gasteiger charge is 2.15. The van der Waals surface area contributed by atoms with Gasteiger partial charge in [-0.05, 0) is 0 Å². The number of hydrogen-bond acceptors (Lipinski definition) is 7. The molecule has 8 nitrogen and oxygen atoms in total. The summed E-state index contributed by atoms with van der Waals surface area (Å²) in [5.74, 6) is 1.19. The van der Waals surface area contributed by atoms with E-state index in [1.165, 1.54) is 32.2 Å². The number of hydrogen-bond donors (Lipinski definition) is 1. The van der Waals surface area contributed by atoms with Crippen LogP contribution < -0.4 is 25.6 Å². The Morgan fingerprint density at radius 1 is 1.10 bits per heavy atom. The zero-order valence-corrected chi connectivity index (χ0v) is 11.3. The molecule has 0 unspecified atom stereocenters. The number of anilines is 1. The summed E-state index contributed by atoms with van der Waals surface area (Å²) in [4.78, 5) is 19.2. The van der Waals surface area contributed by atoms with Gasteiger partial charge in [0.05, 0.1) is 27.0 Å². The Labute approximate surface area is 114 Å². The van der Waals surface area contributed by atoms with Crippen LogP contribution in [0.5, 0.6) is 17.2 Å². The average Bonchev–Trinajstić information content (AvgIpc) is 2.45. The van der Waals surface area contributed by atoms with E-state index in [2.05, 4.69) is 9.97 Å². The first-order chi connectivity index (χ1) is 9.60. The largest absolute Gasteiger partial charge is 0.493 e. The smallest absolute Gasteiger partial charge is 0.356 e. The molecule has 1 aromatic heterocycles. The molecule has 0 saturated carbocycles. The summed E-state index contributed by atoms with van der Waals surface area (Å²) in [5.41, 5.74) is 5.29.